The summed E-state index contributed by atoms with van der Waals surface area (Å²) in [6.45, 7) is 3.06. The number of hydrogen-bond donors (Lipinski definition) is 1. The molecule has 0 atom stereocenters. The van der Waals surface area contributed by atoms with Crippen LogP contribution in [-0.4, -0.2) is 55.6 Å². The van der Waals surface area contributed by atoms with Crippen molar-refractivity contribution in [1.82, 2.24) is 4.90 Å². The molecule has 2 aromatic carbocycles. The molecule has 2 aromatic rings. The number of nitrogens with zero attached hydrogens (tertiary/aromatic N) is 3. The van der Waals surface area contributed by atoms with Crippen molar-refractivity contribution in [2.75, 3.05) is 50.1 Å². The summed E-state index contributed by atoms with van der Waals surface area (Å²) in [5.41, 5.74) is 0.948. The van der Waals surface area contributed by atoms with E-state index in [9.17, 15) is 14.9 Å². The van der Waals surface area contributed by atoms with Crippen molar-refractivity contribution in [3.8, 4) is 5.75 Å². The van der Waals surface area contributed by atoms with Gasteiger partial charge in [0.1, 0.15) is 11.4 Å². The second-order valence-electron chi connectivity index (χ2n) is 6.40. The predicted octanol–water partition coefficient (Wildman–Crippen LogP) is 3.02. The second-order valence-corrected chi connectivity index (χ2v) is 6.81. The van der Waals surface area contributed by atoms with Gasteiger partial charge in [0.15, 0.2) is 0 Å². The summed E-state index contributed by atoms with van der Waals surface area (Å²) in [6.07, 6.45) is 0. The summed E-state index contributed by atoms with van der Waals surface area (Å²) in [5, 5.41) is 14.6. The number of piperazine rings is 1. The Morgan fingerprint density at radius 1 is 1.21 bits per heavy atom. The van der Waals surface area contributed by atoms with Gasteiger partial charge in [0.2, 0.25) is 5.91 Å². The number of benzene rings is 2. The molecule has 0 bridgehead atoms. The Bertz CT molecular complexity index is 869. The van der Waals surface area contributed by atoms with Crippen molar-refractivity contribution >= 4 is 34.6 Å². The Morgan fingerprint density at radius 3 is 2.57 bits per heavy atom. The summed E-state index contributed by atoms with van der Waals surface area (Å²) in [6, 6.07) is 12.0. The zero-order valence-electron chi connectivity index (χ0n) is 15.4. The minimum Gasteiger partial charge on any atom is -0.496 e. The Kier molecular flexibility index (Phi) is 6.33. The lowest BCUT2D eigenvalue weighted by Gasteiger charge is -2.36. The number of anilines is 2. The fourth-order valence-electron chi connectivity index (χ4n) is 3.14. The zero-order chi connectivity index (χ0) is 20.1. The van der Waals surface area contributed by atoms with Crippen LogP contribution in [0.5, 0.6) is 5.75 Å². The third-order valence-corrected chi connectivity index (χ3v) is 4.93. The standard InChI is InChI=1S/C19H21ClN4O4/c1-28-14-6-7-16(18(12-14)24(26)27)21-19(25)13-22-8-10-23(11-9-22)17-5-3-2-4-15(17)20/h2-7,12H,8-11,13H2,1H3,(H,21,25). The molecule has 1 aliphatic heterocycles. The van der Waals surface area contributed by atoms with Crippen molar-refractivity contribution in [2.24, 2.45) is 0 Å². The fraction of sp³-hybridized carbons (Fsp3) is 0.316. The van der Waals surface area contributed by atoms with E-state index < -0.39 is 4.92 Å². The van der Waals surface area contributed by atoms with E-state index in [0.29, 0.717) is 23.9 Å². The molecule has 3 rings (SSSR count). The number of carbonyl (C=O) groups is 1. The smallest absolute Gasteiger partial charge is 0.296 e. The van der Waals surface area contributed by atoms with Gasteiger partial charge in [0.05, 0.1) is 35.4 Å². The number of rotatable bonds is 6. The molecule has 0 aliphatic carbocycles. The van der Waals surface area contributed by atoms with Gasteiger partial charge in [-0.2, -0.15) is 0 Å². The maximum absolute atomic E-state index is 12.4. The van der Waals surface area contributed by atoms with Crippen LogP contribution in [0.25, 0.3) is 0 Å². The number of methoxy groups -OCH3 is 1. The van der Waals surface area contributed by atoms with E-state index in [0.717, 1.165) is 18.8 Å². The van der Waals surface area contributed by atoms with Crippen LogP contribution in [0.4, 0.5) is 17.1 Å². The molecule has 1 saturated heterocycles. The van der Waals surface area contributed by atoms with E-state index in [1.807, 2.05) is 29.2 Å². The lowest BCUT2D eigenvalue weighted by Crippen LogP contribution is -2.48. The van der Waals surface area contributed by atoms with Gasteiger partial charge in [-0.15, -0.1) is 0 Å². The highest BCUT2D eigenvalue weighted by molar-refractivity contribution is 6.33. The minimum atomic E-state index is -0.541. The zero-order valence-corrected chi connectivity index (χ0v) is 16.2. The van der Waals surface area contributed by atoms with E-state index >= 15 is 0 Å². The topological polar surface area (TPSA) is 88.0 Å². The van der Waals surface area contributed by atoms with Gasteiger partial charge >= 0.3 is 0 Å². The molecular weight excluding hydrogens is 384 g/mol. The number of hydrogen-bond acceptors (Lipinski definition) is 6. The average molecular weight is 405 g/mol. The molecule has 0 saturated carbocycles. The number of nitro groups is 1. The first-order valence-corrected chi connectivity index (χ1v) is 9.20. The van der Waals surface area contributed by atoms with Crippen LogP contribution >= 0.6 is 11.6 Å². The Labute approximate surface area is 167 Å². The van der Waals surface area contributed by atoms with Crippen molar-refractivity contribution in [3.05, 3.63) is 57.6 Å². The molecule has 0 radical (unpaired) electrons. The van der Waals surface area contributed by atoms with Gasteiger partial charge in [-0.25, -0.2) is 0 Å². The summed E-state index contributed by atoms with van der Waals surface area (Å²) >= 11 is 6.25. The molecule has 148 valence electrons. The summed E-state index contributed by atoms with van der Waals surface area (Å²) < 4.78 is 5.00. The average Bonchev–Trinajstić information content (AvgIpc) is 2.69. The molecule has 1 heterocycles. The quantitative estimate of drug-likeness (QED) is 0.588. The molecule has 0 unspecified atom stereocenters. The van der Waals surface area contributed by atoms with Crippen molar-refractivity contribution in [3.63, 3.8) is 0 Å². The van der Waals surface area contributed by atoms with Crippen LogP contribution in [0.2, 0.25) is 5.02 Å². The number of ether oxygens (including phenoxy) is 1. The van der Waals surface area contributed by atoms with E-state index in [2.05, 4.69) is 10.2 Å². The van der Waals surface area contributed by atoms with Gasteiger partial charge in [0.25, 0.3) is 5.69 Å². The molecule has 1 N–H and O–H groups in total. The molecule has 0 aromatic heterocycles. The van der Waals surface area contributed by atoms with Crippen molar-refractivity contribution in [1.29, 1.82) is 0 Å². The Morgan fingerprint density at radius 2 is 1.93 bits per heavy atom. The highest BCUT2D eigenvalue weighted by atomic mass is 35.5. The monoisotopic (exact) mass is 404 g/mol. The second kappa shape index (κ2) is 8.90. The summed E-state index contributed by atoms with van der Waals surface area (Å²) in [7, 11) is 1.43. The van der Waals surface area contributed by atoms with E-state index in [1.165, 1.54) is 19.2 Å². The highest BCUT2D eigenvalue weighted by Gasteiger charge is 2.22. The predicted molar refractivity (Wildman–Crippen MR) is 108 cm³/mol. The van der Waals surface area contributed by atoms with Crippen LogP contribution < -0.4 is 15.0 Å². The molecule has 1 amide bonds. The Balaban J connectivity index is 1.57. The van der Waals surface area contributed by atoms with Crippen LogP contribution in [-0.2, 0) is 4.79 Å². The third kappa shape index (κ3) is 4.71. The lowest BCUT2D eigenvalue weighted by atomic mass is 10.2. The van der Waals surface area contributed by atoms with E-state index in [-0.39, 0.29) is 23.8 Å². The summed E-state index contributed by atoms with van der Waals surface area (Å²) in [4.78, 5) is 27.3. The molecule has 8 nitrogen and oxygen atoms in total. The van der Waals surface area contributed by atoms with Gasteiger partial charge in [-0.05, 0) is 24.3 Å². The molecule has 1 fully saturated rings. The van der Waals surface area contributed by atoms with E-state index in [1.54, 1.807) is 6.07 Å². The molecular formula is C19H21ClN4O4. The maximum atomic E-state index is 12.4. The van der Waals surface area contributed by atoms with Crippen molar-refractivity contribution in [2.45, 2.75) is 0 Å². The van der Waals surface area contributed by atoms with Crippen LogP contribution in [0.15, 0.2) is 42.5 Å². The lowest BCUT2D eigenvalue weighted by molar-refractivity contribution is -0.384. The largest absolute Gasteiger partial charge is 0.496 e. The normalized spacial score (nSPS) is 14.6. The number of halogens is 1. The van der Waals surface area contributed by atoms with E-state index in [4.69, 9.17) is 16.3 Å². The summed E-state index contributed by atoms with van der Waals surface area (Å²) in [5.74, 6) is 0.0693. The Hall–Kier alpha value is -2.84. The van der Waals surface area contributed by atoms with Gasteiger partial charge in [-0.1, -0.05) is 23.7 Å². The van der Waals surface area contributed by atoms with Gasteiger partial charge in [0, 0.05) is 26.2 Å². The number of para-hydroxylation sites is 1. The number of carbonyl (C=O) groups excluding carboxylic acids is 1. The molecule has 9 heteroatoms. The first-order valence-electron chi connectivity index (χ1n) is 8.82. The van der Waals surface area contributed by atoms with Gasteiger partial charge < -0.3 is 15.0 Å². The third-order valence-electron chi connectivity index (χ3n) is 4.61. The SMILES string of the molecule is COc1ccc(NC(=O)CN2CCN(c3ccccc3Cl)CC2)c([N+](=O)[O-])c1. The van der Waals surface area contributed by atoms with Crippen LogP contribution in [0.1, 0.15) is 0 Å². The first kappa shape index (κ1) is 19.9. The van der Waals surface area contributed by atoms with Crippen LogP contribution in [0.3, 0.4) is 0 Å². The highest BCUT2D eigenvalue weighted by Crippen LogP contribution is 2.29. The van der Waals surface area contributed by atoms with Gasteiger partial charge in [-0.3, -0.25) is 19.8 Å². The molecule has 28 heavy (non-hydrogen) atoms. The molecule has 1 aliphatic rings. The minimum absolute atomic E-state index is 0.158. The number of nitro benzene ring substituents is 1. The molecule has 0 spiro atoms. The fourth-order valence-corrected chi connectivity index (χ4v) is 3.40. The maximum Gasteiger partial charge on any atom is 0.296 e. The number of nitrogens with one attached hydrogen (secondary N) is 1. The van der Waals surface area contributed by atoms with Crippen molar-refractivity contribution < 1.29 is 14.5 Å². The number of amides is 1. The first-order chi connectivity index (χ1) is 13.5. The van der Waals surface area contributed by atoms with Crippen LogP contribution in [0, 0.1) is 10.1 Å².